The number of rotatable bonds is 8. The minimum absolute atomic E-state index is 0.136. The summed E-state index contributed by atoms with van der Waals surface area (Å²) in [6, 6.07) is 11.6. The molecule has 0 radical (unpaired) electrons. The molecule has 0 aromatic heterocycles. The van der Waals surface area contributed by atoms with Crippen LogP contribution in [0.3, 0.4) is 0 Å². The highest BCUT2D eigenvalue weighted by molar-refractivity contribution is 5.75. The van der Waals surface area contributed by atoms with Crippen LogP contribution in [0.5, 0.6) is 0 Å². The van der Waals surface area contributed by atoms with Crippen LogP contribution < -0.4 is 5.32 Å². The summed E-state index contributed by atoms with van der Waals surface area (Å²) < 4.78 is 0. The minimum Gasteiger partial charge on any atom is -0.338 e. The molecule has 0 saturated carbocycles. The number of likely N-dealkylation sites (tertiary alicyclic amines) is 2. The Balaban J connectivity index is 1.29. The molecule has 4 nitrogen and oxygen atoms in total. The van der Waals surface area contributed by atoms with Gasteiger partial charge in [0.1, 0.15) is 0 Å². The summed E-state index contributed by atoms with van der Waals surface area (Å²) in [5.74, 6) is 0.816. The summed E-state index contributed by atoms with van der Waals surface area (Å²) in [6.45, 7) is 7.23. The second-order valence-corrected chi connectivity index (χ2v) is 8.02. The van der Waals surface area contributed by atoms with E-state index in [2.05, 4.69) is 47.5 Å². The number of piperidine rings is 1. The molecule has 2 heterocycles. The van der Waals surface area contributed by atoms with Gasteiger partial charge in [0.05, 0.1) is 0 Å². The van der Waals surface area contributed by atoms with Crippen LogP contribution in [0.1, 0.15) is 51.0 Å². The van der Waals surface area contributed by atoms with Crippen molar-refractivity contribution in [1.82, 2.24) is 15.1 Å². The van der Waals surface area contributed by atoms with Gasteiger partial charge >= 0.3 is 6.03 Å². The van der Waals surface area contributed by atoms with Crippen molar-refractivity contribution in [1.29, 1.82) is 0 Å². The van der Waals surface area contributed by atoms with E-state index in [0.29, 0.717) is 6.04 Å². The molecule has 0 spiro atoms. The molecule has 2 fully saturated rings. The number of unbranched alkanes of at least 4 members (excludes halogenated alkanes) is 3. The van der Waals surface area contributed by atoms with E-state index >= 15 is 0 Å². The Morgan fingerprint density at radius 3 is 2.50 bits per heavy atom. The average Bonchev–Trinajstić information content (AvgIpc) is 2.63. The standard InChI is InChI=1S/C22H35N3O/c1-2-3-4-8-13-23-22(26)25-17-21(18-25)24-14-11-20(12-15-24)16-19-9-6-5-7-10-19/h5-7,9-10,20-21H,2-4,8,11-18H2,1H3,(H,23,26). The SMILES string of the molecule is CCCCCCNC(=O)N1CC(N2CCC(Cc3ccccc3)CC2)C1. The maximum absolute atomic E-state index is 12.1. The van der Waals surface area contributed by atoms with Gasteiger partial charge in [-0.05, 0) is 50.3 Å². The van der Waals surface area contributed by atoms with Crippen molar-refractivity contribution < 1.29 is 4.79 Å². The van der Waals surface area contributed by atoms with E-state index in [0.717, 1.165) is 32.0 Å². The van der Waals surface area contributed by atoms with E-state index in [-0.39, 0.29) is 6.03 Å². The van der Waals surface area contributed by atoms with Crippen molar-refractivity contribution in [2.75, 3.05) is 32.7 Å². The highest BCUT2D eigenvalue weighted by Gasteiger charge is 2.36. The molecule has 2 aliphatic rings. The van der Waals surface area contributed by atoms with E-state index in [1.165, 1.54) is 57.2 Å². The number of hydrogen-bond acceptors (Lipinski definition) is 2. The van der Waals surface area contributed by atoms with E-state index in [1.54, 1.807) is 0 Å². The zero-order chi connectivity index (χ0) is 18.2. The van der Waals surface area contributed by atoms with Gasteiger partial charge in [0.15, 0.2) is 0 Å². The molecule has 0 atom stereocenters. The van der Waals surface area contributed by atoms with Crippen molar-refractivity contribution in [3.63, 3.8) is 0 Å². The molecule has 26 heavy (non-hydrogen) atoms. The van der Waals surface area contributed by atoms with Crippen molar-refractivity contribution >= 4 is 6.03 Å². The molecule has 0 unspecified atom stereocenters. The summed E-state index contributed by atoms with van der Waals surface area (Å²) >= 11 is 0. The Morgan fingerprint density at radius 2 is 1.81 bits per heavy atom. The fourth-order valence-corrected chi connectivity index (χ4v) is 4.18. The molecule has 2 aliphatic heterocycles. The van der Waals surface area contributed by atoms with Crippen LogP contribution in [0.2, 0.25) is 0 Å². The number of benzene rings is 1. The summed E-state index contributed by atoms with van der Waals surface area (Å²) in [4.78, 5) is 16.7. The third-order valence-corrected chi connectivity index (χ3v) is 5.99. The number of nitrogens with one attached hydrogen (secondary N) is 1. The van der Waals surface area contributed by atoms with E-state index in [4.69, 9.17) is 0 Å². The highest BCUT2D eigenvalue weighted by atomic mass is 16.2. The molecule has 144 valence electrons. The average molecular weight is 358 g/mol. The first-order valence-electron chi connectivity index (χ1n) is 10.6. The number of hydrogen-bond donors (Lipinski definition) is 1. The summed E-state index contributed by atoms with van der Waals surface area (Å²) in [6.07, 6.45) is 8.62. The Kier molecular flexibility index (Phi) is 7.36. The van der Waals surface area contributed by atoms with Crippen LogP contribution in [0.4, 0.5) is 4.79 Å². The Labute approximate surface area is 158 Å². The first-order chi connectivity index (χ1) is 12.8. The van der Waals surface area contributed by atoms with Crippen LogP contribution >= 0.6 is 0 Å². The molecule has 1 aromatic rings. The fourth-order valence-electron chi connectivity index (χ4n) is 4.18. The van der Waals surface area contributed by atoms with Crippen molar-refractivity contribution in [3.8, 4) is 0 Å². The molecule has 4 heteroatoms. The summed E-state index contributed by atoms with van der Waals surface area (Å²) in [5, 5.41) is 3.07. The van der Waals surface area contributed by atoms with Gasteiger partial charge in [-0.15, -0.1) is 0 Å². The molecular formula is C22H35N3O. The minimum atomic E-state index is 0.136. The first kappa shape index (κ1) is 19.2. The van der Waals surface area contributed by atoms with Crippen LogP contribution in [0.15, 0.2) is 30.3 Å². The van der Waals surface area contributed by atoms with Crippen LogP contribution in [0, 0.1) is 5.92 Å². The number of carbonyl (C=O) groups is 1. The van der Waals surface area contributed by atoms with Gasteiger partial charge in [-0.3, -0.25) is 4.90 Å². The second kappa shape index (κ2) is 9.96. The number of amides is 2. The summed E-state index contributed by atoms with van der Waals surface area (Å²) in [5.41, 5.74) is 1.47. The lowest BCUT2D eigenvalue weighted by Crippen LogP contribution is -2.63. The Hall–Kier alpha value is -1.55. The molecule has 2 saturated heterocycles. The first-order valence-corrected chi connectivity index (χ1v) is 10.6. The molecular weight excluding hydrogens is 322 g/mol. The van der Waals surface area contributed by atoms with Crippen LogP contribution in [0.25, 0.3) is 0 Å². The van der Waals surface area contributed by atoms with Crippen LogP contribution in [-0.4, -0.2) is 54.6 Å². The molecule has 1 N–H and O–H groups in total. The highest BCUT2D eigenvalue weighted by Crippen LogP contribution is 2.25. The predicted octanol–water partition coefficient (Wildman–Crippen LogP) is 3.92. The van der Waals surface area contributed by atoms with Crippen molar-refractivity contribution in [2.24, 2.45) is 5.92 Å². The zero-order valence-electron chi connectivity index (χ0n) is 16.3. The molecule has 3 rings (SSSR count). The number of carbonyl (C=O) groups excluding carboxylic acids is 1. The maximum atomic E-state index is 12.1. The van der Waals surface area contributed by atoms with Gasteiger partial charge in [-0.2, -0.15) is 0 Å². The second-order valence-electron chi connectivity index (χ2n) is 8.02. The van der Waals surface area contributed by atoms with E-state index < -0.39 is 0 Å². The summed E-state index contributed by atoms with van der Waals surface area (Å²) in [7, 11) is 0. The quantitative estimate of drug-likeness (QED) is 0.716. The lowest BCUT2D eigenvalue weighted by Gasteiger charge is -2.47. The van der Waals surface area contributed by atoms with Gasteiger partial charge in [-0.25, -0.2) is 4.79 Å². The normalized spacial score (nSPS) is 19.3. The van der Waals surface area contributed by atoms with Gasteiger partial charge in [0.25, 0.3) is 0 Å². The monoisotopic (exact) mass is 357 g/mol. The third kappa shape index (κ3) is 5.47. The zero-order valence-corrected chi connectivity index (χ0v) is 16.3. The predicted molar refractivity (Wildman–Crippen MR) is 107 cm³/mol. The fraction of sp³-hybridized carbons (Fsp3) is 0.682. The molecule has 2 amide bonds. The maximum Gasteiger partial charge on any atom is 0.317 e. The van der Waals surface area contributed by atoms with Crippen molar-refractivity contribution in [2.45, 2.75) is 57.9 Å². The van der Waals surface area contributed by atoms with Crippen LogP contribution in [-0.2, 0) is 6.42 Å². The Bertz CT molecular complexity index is 534. The number of nitrogens with zero attached hydrogens (tertiary/aromatic N) is 2. The van der Waals surface area contributed by atoms with E-state index in [9.17, 15) is 4.79 Å². The lowest BCUT2D eigenvalue weighted by molar-refractivity contribution is 0.0347. The van der Waals surface area contributed by atoms with Gasteiger partial charge in [0.2, 0.25) is 0 Å². The molecule has 0 bridgehead atoms. The molecule has 0 aliphatic carbocycles. The van der Waals surface area contributed by atoms with Gasteiger partial charge in [0, 0.05) is 25.7 Å². The third-order valence-electron chi connectivity index (χ3n) is 5.99. The smallest absolute Gasteiger partial charge is 0.317 e. The Morgan fingerprint density at radius 1 is 1.08 bits per heavy atom. The van der Waals surface area contributed by atoms with E-state index in [1.807, 2.05) is 4.90 Å². The largest absolute Gasteiger partial charge is 0.338 e. The molecule has 1 aromatic carbocycles. The van der Waals surface area contributed by atoms with Gasteiger partial charge in [-0.1, -0.05) is 56.5 Å². The number of urea groups is 1. The van der Waals surface area contributed by atoms with Crippen molar-refractivity contribution in [3.05, 3.63) is 35.9 Å². The van der Waals surface area contributed by atoms with Gasteiger partial charge < -0.3 is 10.2 Å². The lowest BCUT2D eigenvalue weighted by atomic mass is 9.89. The topological polar surface area (TPSA) is 35.6 Å².